The Hall–Kier alpha value is -2.55. The van der Waals surface area contributed by atoms with Crippen molar-refractivity contribution in [3.8, 4) is 5.75 Å². The molecule has 0 saturated carbocycles. The highest BCUT2D eigenvalue weighted by atomic mass is 19.4. The van der Waals surface area contributed by atoms with Crippen LogP contribution in [-0.2, 0) is 11.8 Å². The van der Waals surface area contributed by atoms with E-state index in [9.17, 15) is 18.0 Å². The number of anilines is 1. The number of aryl methyl sites for hydroxylation is 2. The number of carbonyl (C=O) groups excluding carboxylic acids is 1. The normalized spacial score (nSPS) is 19.9. The predicted molar refractivity (Wildman–Crippen MR) is 93.7 cm³/mol. The molecule has 1 aromatic carbocycles. The highest BCUT2D eigenvalue weighted by molar-refractivity contribution is 5.95. The minimum Gasteiger partial charge on any atom is -0.482 e. The van der Waals surface area contributed by atoms with Gasteiger partial charge in [-0.2, -0.15) is 18.3 Å². The standard InChI is InChI=1S/C18H21F3N4O2/c1-11-3-4-15(16(5-11)27-10-18(19,20)21)24-17(26)14-8-22-7-13(14)12-6-23-25(2)9-12/h3-6,9,13-14,22H,7-8,10H2,1-2H3,(H,24,26)/t13-,14+/m1/s1. The third kappa shape index (κ3) is 4.79. The van der Waals surface area contributed by atoms with Gasteiger partial charge in [-0.05, 0) is 30.2 Å². The van der Waals surface area contributed by atoms with Crippen molar-refractivity contribution < 1.29 is 22.7 Å². The summed E-state index contributed by atoms with van der Waals surface area (Å²) >= 11 is 0. The fourth-order valence-corrected chi connectivity index (χ4v) is 3.17. The van der Waals surface area contributed by atoms with E-state index in [-0.39, 0.29) is 29.2 Å². The third-order valence-corrected chi connectivity index (χ3v) is 4.49. The molecule has 1 aromatic heterocycles. The Morgan fingerprint density at radius 2 is 2.19 bits per heavy atom. The fraction of sp³-hybridized carbons (Fsp3) is 0.444. The van der Waals surface area contributed by atoms with E-state index in [1.165, 1.54) is 6.07 Å². The van der Waals surface area contributed by atoms with Crippen LogP contribution < -0.4 is 15.4 Å². The molecule has 9 heteroatoms. The Kier molecular flexibility index (Phi) is 5.41. The second-order valence-corrected chi connectivity index (χ2v) is 6.71. The summed E-state index contributed by atoms with van der Waals surface area (Å²) in [4.78, 5) is 12.8. The van der Waals surface area contributed by atoms with Crippen molar-refractivity contribution in [2.75, 3.05) is 25.0 Å². The Labute approximate surface area is 154 Å². The summed E-state index contributed by atoms with van der Waals surface area (Å²) in [6.45, 7) is 1.44. The van der Waals surface area contributed by atoms with E-state index in [1.54, 1.807) is 37.0 Å². The highest BCUT2D eigenvalue weighted by Crippen LogP contribution is 2.32. The molecule has 1 aliphatic heterocycles. The van der Waals surface area contributed by atoms with Crippen molar-refractivity contribution in [3.63, 3.8) is 0 Å². The highest BCUT2D eigenvalue weighted by Gasteiger charge is 2.35. The summed E-state index contributed by atoms with van der Waals surface area (Å²) in [6.07, 6.45) is -0.866. The van der Waals surface area contributed by atoms with Crippen LogP contribution in [0.15, 0.2) is 30.6 Å². The molecule has 0 radical (unpaired) electrons. The minimum atomic E-state index is -4.45. The number of rotatable bonds is 5. The number of ether oxygens (including phenoxy) is 1. The molecule has 0 spiro atoms. The number of nitrogens with one attached hydrogen (secondary N) is 2. The first kappa shape index (κ1) is 19.2. The Balaban J connectivity index is 1.75. The van der Waals surface area contributed by atoms with Crippen molar-refractivity contribution >= 4 is 11.6 Å². The summed E-state index contributed by atoms with van der Waals surface area (Å²) in [5, 5.41) is 10.1. The van der Waals surface area contributed by atoms with Crippen LogP contribution in [0.3, 0.4) is 0 Å². The lowest BCUT2D eigenvalue weighted by Crippen LogP contribution is -2.28. The zero-order valence-electron chi connectivity index (χ0n) is 15.0. The number of hydrogen-bond acceptors (Lipinski definition) is 4. The van der Waals surface area contributed by atoms with Crippen LogP contribution in [0, 0.1) is 12.8 Å². The van der Waals surface area contributed by atoms with E-state index < -0.39 is 12.8 Å². The van der Waals surface area contributed by atoms with E-state index in [2.05, 4.69) is 15.7 Å². The van der Waals surface area contributed by atoms with E-state index in [1.807, 2.05) is 6.20 Å². The predicted octanol–water partition coefficient (Wildman–Crippen LogP) is 2.61. The third-order valence-electron chi connectivity index (χ3n) is 4.49. The van der Waals surface area contributed by atoms with Crippen LogP contribution in [0.5, 0.6) is 5.75 Å². The van der Waals surface area contributed by atoms with Crippen molar-refractivity contribution in [2.45, 2.75) is 19.0 Å². The molecule has 6 nitrogen and oxygen atoms in total. The van der Waals surface area contributed by atoms with Gasteiger partial charge >= 0.3 is 6.18 Å². The molecule has 2 N–H and O–H groups in total. The number of alkyl halides is 3. The van der Waals surface area contributed by atoms with Crippen LogP contribution in [-0.4, -0.2) is 41.6 Å². The van der Waals surface area contributed by atoms with Crippen molar-refractivity contribution in [1.29, 1.82) is 0 Å². The first-order valence-corrected chi connectivity index (χ1v) is 8.53. The lowest BCUT2D eigenvalue weighted by molar-refractivity contribution is -0.153. The van der Waals surface area contributed by atoms with Gasteiger partial charge in [0.15, 0.2) is 6.61 Å². The molecule has 0 bridgehead atoms. The number of benzene rings is 1. The largest absolute Gasteiger partial charge is 0.482 e. The van der Waals surface area contributed by atoms with Gasteiger partial charge in [0.25, 0.3) is 0 Å². The molecule has 1 fully saturated rings. The molecule has 146 valence electrons. The Morgan fingerprint density at radius 3 is 2.85 bits per heavy atom. The maximum atomic E-state index is 12.8. The number of hydrogen-bond donors (Lipinski definition) is 2. The van der Waals surface area contributed by atoms with E-state index >= 15 is 0 Å². The van der Waals surface area contributed by atoms with E-state index in [4.69, 9.17) is 4.74 Å². The quantitative estimate of drug-likeness (QED) is 0.834. The van der Waals surface area contributed by atoms with Gasteiger partial charge in [-0.3, -0.25) is 9.48 Å². The SMILES string of the molecule is Cc1ccc(NC(=O)[C@H]2CNC[C@@H]2c2cnn(C)c2)c(OCC(F)(F)F)c1. The molecule has 1 aliphatic rings. The second kappa shape index (κ2) is 7.59. The van der Waals surface area contributed by atoms with Crippen molar-refractivity contribution in [2.24, 2.45) is 13.0 Å². The van der Waals surface area contributed by atoms with Crippen LogP contribution >= 0.6 is 0 Å². The first-order valence-electron chi connectivity index (χ1n) is 8.53. The first-order chi connectivity index (χ1) is 12.7. The summed E-state index contributed by atoms with van der Waals surface area (Å²) in [5.41, 5.74) is 1.91. The van der Waals surface area contributed by atoms with Crippen molar-refractivity contribution in [3.05, 3.63) is 41.7 Å². The molecular formula is C18H21F3N4O2. The fourth-order valence-electron chi connectivity index (χ4n) is 3.17. The van der Waals surface area contributed by atoms with Crippen LogP contribution in [0.1, 0.15) is 17.0 Å². The number of carbonyl (C=O) groups is 1. The topological polar surface area (TPSA) is 68.2 Å². The van der Waals surface area contributed by atoms with Gasteiger partial charge < -0.3 is 15.4 Å². The monoisotopic (exact) mass is 382 g/mol. The van der Waals surface area contributed by atoms with Gasteiger partial charge in [-0.15, -0.1) is 0 Å². The average molecular weight is 382 g/mol. The van der Waals surface area contributed by atoms with Gasteiger partial charge in [0.05, 0.1) is 17.8 Å². The maximum Gasteiger partial charge on any atom is 0.422 e. The summed E-state index contributed by atoms with van der Waals surface area (Å²) in [5.74, 6) is -0.672. The van der Waals surface area contributed by atoms with Crippen molar-refractivity contribution in [1.82, 2.24) is 15.1 Å². The van der Waals surface area contributed by atoms with Crippen LogP contribution in [0.25, 0.3) is 0 Å². The zero-order chi connectivity index (χ0) is 19.6. The molecule has 2 heterocycles. The van der Waals surface area contributed by atoms with Crippen LogP contribution in [0.2, 0.25) is 0 Å². The Bertz CT molecular complexity index is 819. The number of halogens is 3. The molecule has 27 heavy (non-hydrogen) atoms. The van der Waals surface area contributed by atoms with Gasteiger partial charge in [-0.25, -0.2) is 0 Å². The van der Waals surface area contributed by atoms with Gasteiger partial charge in [0, 0.05) is 32.3 Å². The number of amides is 1. The molecule has 1 saturated heterocycles. The van der Waals surface area contributed by atoms with E-state index in [0.29, 0.717) is 13.1 Å². The van der Waals surface area contributed by atoms with E-state index in [0.717, 1.165) is 11.1 Å². The van der Waals surface area contributed by atoms with Gasteiger partial charge in [-0.1, -0.05) is 6.07 Å². The lowest BCUT2D eigenvalue weighted by atomic mass is 9.90. The molecule has 0 aliphatic carbocycles. The summed E-state index contributed by atoms with van der Waals surface area (Å²) in [7, 11) is 1.80. The van der Waals surface area contributed by atoms with Gasteiger partial charge in [0.1, 0.15) is 5.75 Å². The van der Waals surface area contributed by atoms with Gasteiger partial charge in [0.2, 0.25) is 5.91 Å². The molecule has 1 amide bonds. The molecular weight excluding hydrogens is 361 g/mol. The molecule has 2 aromatic rings. The number of aromatic nitrogens is 2. The summed E-state index contributed by atoms with van der Waals surface area (Å²) < 4.78 is 44.0. The Morgan fingerprint density at radius 1 is 1.41 bits per heavy atom. The summed E-state index contributed by atoms with van der Waals surface area (Å²) in [6, 6.07) is 4.74. The zero-order valence-corrected chi connectivity index (χ0v) is 15.0. The maximum absolute atomic E-state index is 12.8. The van der Waals surface area contributed by atoms with Crippen LogP contribution in [0.4, 0.5) is 18.9 Å². The number of nitrogens with zero attached hydrogens (tertiary/aromatic N) is 2. The average Bonchev–Trinajstić information content (AvgIpc) is 3.22. The molecule has 0 unspecified atom stereocenters. The second-order valence-electron chi connectivity index (χ2n) is 6.71. The molecule has 3 rings (SSSR count). The lowest BCUT2D eigenvalue weighted by Gasteiger charge is -2.19. The molecule has 2 atom stereocenters. The minimum absolute atomic E-state index is 0.00422. The smallest absolute Gasteiger partial charge is 0.422 e.